The lowest BCUT2D eigenvalue weighted by Crippen LogP contribution is -2.42. The number of pyridine rings is 1. The number of aromatic nitrogens is 1. The molecule has 0 spiro atoms. The van der Waals surface area contributed by atoms with Gasteiger partial charge in [-0.1, -0.05) is 6.07 Å². The minimum Gasteiger partial charge on any atom is -0.343 e. The number of rotatable bonds is 4. The van der Waals surface area contributed by atoms with Crippen molar-refractivity contribution in [2.24, 2.45) is 11.7 Å². The van der Waals surface area contributed by atoms with Gasteiger partial charge in [0.05, 0.1) is 0 Å². The van der Waals surface area contributed by atoms with E-state index in [1.807, 2.05) is 23.1 Å². The maximum Gasteiger partial charge on any atom is 0.222 e. The molecule has 1 unspecified atom stereocenters. The molecule has 4 nitrogen and oxygen atoms in total. The Labute approximate surface area is 115 Å². The Balaban J connectivity index is 1.76. The second kappa shape index (κ2) is 6.66. The van der Waals surface area contributed by atoms with Crippen molar-refractivity contribution >= 4 is 5.91 Å². The number of piperidine rings is 1. The number of carbonyl (C=O) groups excluding carboxylic acids is 1. The lowest BCUT2D eigenvalue weighted by atomic mass is 9.91. The van der Waals surface area contributed by atoms with Crippen molar-refractivity contribution in [2.45, 2.75) is 38.6 Å². The Morgan fingerprint density at radius 2 is 2.21 bits per heavy atom. The van der Waals surface area contributed by atoms with E-state index >= 15 is 0 Å². The van der Waals surface area contributed by atoms with E-state index in [-0.39, 0.29) is 11.9 Å². The molecular formula is C15H23N3O. The topological polar surface area (TPSA) is 59.2 Å². The molecule has 1 aromatic rings. The van der Waals surface area contributed by atoms with Crippen LogP contribution in [0.5, 0.6) is 0 Å². The molecule has 0 radical (unpaired) electrons. The molecule has 1 aliphatic rings. The van der Waals surface area contributed by atoms with Crippen LogP contribution in [0.3, 0.4) is 0 Å². The Bertz CT molecular complexity index is 397. The molecule has 1 aliphatic heterocycles. The summed E-state index contributed by atoms with van der Waals surface area (Å²) < 4.78 is 0. The van der Waals surface area contributed by atoms with Crippen molar-refractivity contribution < 1.29 is 4.79 Å². The van der Waals surface area contributed by atoms with Crippen molar-refractivity contribution in [2.75, 3.05) is 13.1 Å². The summed E-state index contributed by atoms with van der Waals surface area (Å²) in [6.45, 7) is 3.77. The second-order valence-corrected chi connectivity index (χ2v) is 5.40. The summed E-state index contributed by atoms with van der Waals surface area (Å²) in [4.78, 5) is 18.3. The monoisotopic (exact) mass is 261 g/mol. The average Bonchev–Trinajstić information content (AvgIpc) is 2.46. The number of aryl methyl sites for hydroxylation is 1. The fraction of sp³-hybridized carbons (Fsp3) is 0.600. The van der Waals surface area contributed by atoms with Crippen LogP contribution < -0.4 is 5.73 Å². The summed E-state index contributed by atoms with van der Waals surface area (Å²) >= 11 is 0. The molecule has 1 atom stereocenters. The molecule has 1 fully saturated rings. The van der Waals surface area contributed by atoms with E-state index in [4.69, 9.17) is 5.73 Å². The van der Waals surface area contributed by atoms with Crippen LogP contribution in [0, 0.1) is 5.92 Å². The molecule has 2 rings (SSSR count). The molecule has 0 aliphatic carbocycles. The Morgan fingerprint density at radius 1 is 1.47 bits per heavy atom. The first-order chi connectivity index (χ1) is 9.16. The summed E-state index contributed by atoms with van der Waals surface area (Å²) in [6, 6.07) is 6.06. The fourth-order valence-corrected chi connectivity index (χ4v) is 2.61. The molecule has 1 amide bonds. The lowest BCUT2D eigenvalue weighted by Gasteiger charge is -2.33. The van der Waals surface area contributed by atoms with Gasteiger partial charge in [-0.2, -0.15) is 0 Å². The Hall–Kier alpha value is -1.42. The largest absolute Gasteiger partial charge is 0.343 e. The number of hydrogen-bond acceptors (Lipinski definition) is 3. The standard InChI is InChI=1S/C15H23N3O/c1-12(16)13-7-10-18(11-8-13)15(19)6-5-14-4-2-3-9-17-14/h2-4,9,12-13H,5-8,10-11,16H2,1H3. The molecule has 2 N–H and O–H groups in total. The minimum atomic E-state index is 0.241. The molecular weight excluding hydrogens is 238 g/mol. The predicted molar refractivity (Wildman–Crippen MR) is 75.5 cm³/mol. The van der Waals surface area contributed by atoms with Crippen LogP contribution in [0.15, 0.2) is 24.4 Å². The number of amides is 1. The molecule has 4 heteroatoms. The smallest absolute Gasteiger partial charge is 0.222 e. The van der Waals surface area contributed by atoms with Crippen LogP contribution >= 0.6 is 0 Å². The number of likely N-dealkylation sites (tertiary alicyclic amines) is 1. The summed E-state index contributed by atoms with van der Waals surface area (Å²) in [6.07, 6.45) is 5.13. The maximum absolute atomic E-state index is 12.1. The summed E-state index contributed by atoms with van der Waals surface area (Å²) in [5, 5.41) is 0. The van der Waals surface area contributed by atoms with Crippen LogP contribution in [0.1, 0.15) is 31.9 Å². The molecule has 0 bridgehead atoms. The zero-order valence-electron chi connectivity index (χ0n) is 11.6. The van der Waals surface area contributed by atoms with Crippen molar-refractivity contribution in [3.8, 4) is 0 Å². The van der Waals surface area contributed by atoms with Crippen LogP contribution in [0.4, 0.5) is 0 Å². The number of carbonyl (C=O) groups is 1. The predicted octanol–water partition coefficient (Wildman–Crippen LogP) is 1.60. The Kier molecular flexibility index (Phi) is 4.91. The van der Waals surface area contributed by atoms with E-state index in [0.29, 0.717) is 12.3 Å². The average molecular weight is 261 g/mol. The van der Waals surface area contributed by atoms with Crippen LogP contribution in [-0.2, 0) is 11.2 Å². The lowest BCUT2D eigenvalue weighted by molar-refractivity contribution is -0.132. The van der Waals surface area contributed by atoms with Gasteiger partial charge in [-0.25, -0.2) is 0 Å². The van der Waals surface area contributed by atoms with Crippen LogP contribution in [-0.4, -0.2) is 34.9 Å². The number of nitrogens with two attached hydrogens (primary N) is 1. The van der Waals surface area contributed by atoms with E-state index in [0.717, 1.165) is 38.0 Å². The van der Waals surface area contributed by atoms with Crippen molar-refractivity contribution in [1.82, 2.24) is 9.88 Å². The van der Waals surface area contributed by atoms with Gasteiger partial charge in [0.25, 0.3) is 0 Å². The summed E-state index contributed by atoms with van der Waals surface area (Å²) in [7, 11) is 0. The van der Waals surface area contributed by atoms with E-state index in [1.54, 1.807) is 6.20 Å². The van der Waals surface area contributed by atoms with Gasteiger partial charge >= 0.3 is 0 Å². The van der Waals surface area contributed by atoms with Crippen molar-refractivity contribution in [3.05, 3.63) is 30.1 Å². The minimum absolute atomic E-state index is 0.241. The zero-order chi connectivity index (χ0) is 13.7. The highest BCUT2D eigenvalue weighted by molar-refractivity contribution is 5.76. The van der Waals surface area contributed by atoms with Gasteiger partial charge in [-0.15, -0.1) is 0 Å². The molecule has 1 saturated heterocycles. The quantitative estimate of drug-likeness (QED) is 0.895. The second-order valence-electron chi connectivity index (χ2n) is 5.40. The molecule has 19 heavy (non-hydrogen) atoms. The van der Waals surface area contributed by atoms with Gasteiger partial charge in [0.15, 0.2) is 0 Å². The maximum atomic E-state index is 12.1. The van der Waals surface area contributed by atoms with Gasteiger partial charge < -0.3 is 10.6 Å². The van der Waals surface area contributed by atoms with E-state index in [2.05, 4.69) is 11.9 Å². The third-order valence-corrected chi connectivity index (χ3v) is 3.96. The highest BCUT2D eigenvalue weighted by Crippen LogP contribution is 2.20. The highest BCUT2D eigenvalue weighted by atomic mass is 16.2. The zero-order valence-corrected chi connectivity index (χ0v) is 11.6. The number of nitrogens with zero attached hydrogens (tertiary/aromatic N) is 2. The van der Waals surface area contributed by atoms with Gasteiger partial charge in [-0.3, -0.25) is 9.78 Å². The summed E-state index contributed by atoms with van der Waals surface area (Å²) in [5.74, 6) is 0.814. The highest BCUT2D eigenvalue weighted by Gasteiger charge is 2.24. The first-order valence-electron chi connectivity index (χ1n) is 7.10. The van der Waals surface area contributed by atoms with Gasteiger partial charge in [0, 0.05) is 37.4 Å². The normalized spacial score (nSPS) is 18.3. The number of hydrogen-bond donors (Lipinski definition) is 1. The molecule has 104 valence electrons. The van der Waals surface area contributed by atoms with Gasteiger partial charge in [0.1, 0.15) is 0 Å². The molecule has 2 heterocycles. The SMILES string of the molecule is CC(N)C1CCN(C(=O)CCc2ccccn2)CC1. The molecule has 1 aromatic heterocycles. The van der Waals surface area contributed by atoms with Crippen molar-refractivity contribution in [1.29, 1.82) is 0 Å². The van der Waals surface area contributed by atoms with E-state index in [1.165, 1.54) is 0 Å². The van der Waals surface area contributed by atoms with Crippen LogP contribution in [0.25, 0.3) is 0 Å². The summed E-state index contributed by atoms with van der Waals surface area (Å²) in [5.41, 5.74) is 6.90. The first-order valence-corrected chi connectivity index (χ1v) is 7.10. The Morgan fingerprint density at radius 3 is 2.79 bits per heavy atom. The first kappa shape index (κ1) is 14.0. The fourth-order valence-electron chi connectivity index (χ4n) is 2.61. The molecule has 0 saturated carbocycles. The van der Waals surface area contributed by atoms with E-state index in [9.17, 15) is 4.79 Å². The van der Waals surface area contributed by atoms with Crippen molar-refractivity contribution in [3.63, 3.8) is 0 Å². The van der Waals surface area contributed by atoms with Gasteiger partial charge in [0.2, 0.25) is 5.91 Å². The van der Waals surface area contributed by atoms with Gasteiger partial charge in [-0.05, 0) is 44.2 Å². The van der Waals surface area contributed by atoms with Crippen LogP contribution in [0.2, 0.25) is 0 Å². The third-order valence-electron chi connectivity index (χ3n) is 3.96. The molecule has 0 aromatic carbocycles. The van der Waals surface area contributed by atoms with E-state index < -0.39 is 0 Å². The third kappa shape index (κ3) is 4.03.